The van der Waals surface area contributed by atoms with Crippen molar-refractivity contribution in [1.29, 1.82) is 0 Å². The summed E-state index contributed by atoms with van der Waals surface area (Å²) in [5.41, 5.74) is 0.906. The van der Waals surface area contributed by atoms with E-state index in [9.17, 15) is 4.79 Å². The van der Waals surface area contributed by atoms with Crippen LogP contribution in [0.3, 0.4) is 0 Å². The number of carbonyl (C=O) groups is 1. The van der Waals surface area contributed by atoms with Gasteiger partial charge in [0.15, 0.2) is 11.5 Å². The van der Waals surface area contributed by atoms with E-state index in [4.69, 9.17) is 14.2 Å². The molecule has 1 aliphatic carbocycles. The Morgan fingerprint density at radius 1 is 1.26 bits per heavy atom. The first kappa shape index (κ1) is 17.7. The molecule has 0 aliphatic heterocycles. The van der Waals surface area contributed by atoms with Crippen LogP contribution < -0.4 is 14.2 Å². The van der Waals surface area contributed by atoms with Gasteiger partial charge in [0.05, 0.1) is 27.9 Å². The van der Waals surface area contributed by atoms with E-state index in [1.807, 2.05) is 11.0 Å². The Balaban J connectivity index is 2.44. The van der Waals surface area contributed by atoms with Crippen LogP contribution in [0.5, 0.6) is 17.2 Å². The summed E-state index contributed by atoms with van der Waals surface area (Å²) in [5, 5.41) is 0. The lowest BCUT2D eigenvalue weighted by Gasteiger charge is -2.23. The zero-order chi connectivity index (χ0) is 17.0. The Bertz CT molecular complexity index is 659. The lowest BCUT2D eigenvalue weighted by atomic mass is 10.1. The molecule has 0 saturated heterocycles. The van der Waals surface area contributed by atoms with Crippen LogP contribution in [-0.2, 0) is 11.3 Å². The van der Waals surface area contributed by atoms with Gasteiger partial charge in [-0.2, -0.15) is 0 Å². The summed E-state index contributed by atoms with van der Waals surface area (Å²) in [5.74, 6) is 6.90. The van der Waals surface area contributed by atoms with Gasteiger partial charge in [-0.3, -0.25) is 4.79 Å². The van der Waals surface area contributed by atoms with Crippen molar-refractivity contribution < 1.29 is 19.0 Å². The number of hydrogen-bond acceptors (Lipinski definition) is 4. The zero-order valence-corrected chi connectivity index (χ0v) is 15.9. The first-order valence-electron chi connectivity index (χ1n) is 7.28. The van der Waals surface area contributed by atoms with Crippen LogP contribution in [0, 0.1) is 15.4 Å². The molecule has 1 amide bonds. The molecule has 124 valence electrons. The predicted molar refractivity (Wildman–Crippen MR) is 95.8 cm³/mol. The maximum Gasteiger partial charge on any atom is 0.299 e. The van der Waals surface area contributed by atoms with Crippen LogP contribution in [-0.4, -0.2) is 38.2 Å². The molecule has 0 radical (unpaired) electrons. The van der Waals surface area contributed by atoms with Gasteiger partial charge in [0.2, 0.25) is 5.75 Å². The molecule has 1 saturated carbocycles. The van der Waals surface area contributed by atoms with E-state index in [-0.39, 0.29) is 11.9 Å². The van der Waals surface area contributed by atoms with Gasteiger partial charge in [-0.25, -0.2) is 0 Å². The highest BCUT2D eigenvalue weighted by Gasteiger charge is 2.33. The number of hydrogen-bond donors (Lipinski definition) is 0. The molecule has 0 atom stereocenters. The van der Waals surface area contributed by atoms with Crippen molar-refractivity contribution in [1.82, 2.24) is 4.90 Å². The lowest BCUT2D eigenvalue weighted by molar-refractivity contribution is -0.126. The number of ether oxygens (including phenoxy) is 3. The molecule has 0 unspecified atom stereocenters. The fourth-order valence-electron chi connectivity index (χ4n) is 2.44. The first-order chi connectivity index (χ1) is 11.1. The second-order valence-electron chi connectivity index (χ2n) is 5.14. The van der Waals surface area contributed by atoms with Gasteiger partial charge in [0.1, 0.15) is 0 Å². The average Bonchev–Trinajstić information content (AvgIpc) is 3.37. The largest absolute Gasteiger partial charge is 0.493 e. The first-order valence-corrected chi connectivity index (χ1v) is 8.35. The highest BCUT2D eigenvalue weighted by atomic mass is 127. The van der Waals surface area contributed by atoms with Gasteiger partial charge < -0.3 is 19.1 Å². The van der Waals surface area contributed by atoms with Crippen molar-refractivity contribution in [3.05, 3.63) is 15.2 Å². The van der Waals surface area contributed by atoms with E-state index in [0.29, 0.717) is 23.8 Å². The van der Waals surface area contributed by atoms with E-state index >= 15 is 0 Å². The smallest absolute Gasteiger partial charge is 0.299 e. The van der Waals surface area contributed by atoms with E-state index in [1.54, 1.807) is 28.3 Å². The molecule has 1 fully saturated rings. The van der Waals surface area contributed by atoms with Gasteiger partial charge in [-0.15, -0.1) is 0 Å². The number of rotatable bonds is 6. The average molecular weight is 429 g/mol. The molecule has 0 N–H and O–H groups in total. The molecule has 5 nitrogen and oxygen atoms in total. The molecule has 0 heterocycles. The molecule has 0 spiro atoms. The van der Waals surface area contributed by atoms with Crippen molar-refractivity contribution in [2.45, 2.75) is 32.4 Å². The Morgan fingerprint density at radius 3 is 2.39 bits per heavy atom. The second-order valence-corrected chi connectivity index (χ2v) is 6.31. The van der Waals surface area contributed by atoms with Crippen molar-refractivity contribution in [2.24, 2.45) is 0 Å². The normalized spacial score (nSPS) is 12.9. The molecule has 1 aromatic rings. The van der Waals surface area contributed by atoms with Gasteiger partial charge >= 0.3 is 0 Å². The SMILES string of the molecule is CC#CC(=O)N(Cc1c(I)cc(OC)c(OC)c1OC)C1CC1. The molecule has 1 aliphatic rings. The minimum atomic E-state index is -0.150. The highest BCUT2D eigenvalue weighted by Crippen LogP contribution is 2.43. The van der Waals surface area contributed by atoms with Gasteiger partial charge in [-0.05, 0) is 54.3 Å². The lowest BCUT2D eigenvalue weighted by Crippen LogP contribution is -2.32. The molecule has 0 aromatic heterocycles. The number of carbonyl (C=O) groups excluding carboxylic acids is 1. The maximum atomic E-state index is 12.3. The number of methoxy groups -OCH3 is 3. The Hall–Kier alpha value is -1.62. The van der Waals surface area contributed by atoms with Crippen molar-refractivity contribution in [3.63, 3.8) is 0 Å². The summed E-state index contributed by atoms with van der Waals surface area (Å²) < 4.78 is 17.3. The number of amides is 1. The molecule has 1 aromatic carbocycles. The minimum Gasteiger partial charge on any atom is -0.493 e. The van der Waals surface area contributed by atoms with Crippen molar-refractivity contribution in [3.8, 4) is 29.1 Å². The highest BCUT2D eigenvalue weighted by molar-refractivity contribution is 14.1. The van der Waals surface area contributed by atoms with E-state index in [2.05, 4.69) is 34.4 Å². The summed E-state index contributed by atoms with van der Waals surface area (Å²) >= 11 is 2.22. The van der Waals surface area contributed by atoms with E-state index < -0.39 is 0 Å². The summed E-state index contributed by atoms with van der Waals surface area (Å²) in [6.45, 7) is 2.11. The summed E-state index contributed by atoms with van der Waals surface area (Å²) in [6.07, 6.45) is 2.03. The molecule has 0 bridgehead atoms. The van der Waals surface area contributed by atoms with Gasteiger partial charge in [0.25, 0.3) is 5.91 Å². The molecular weight excluding hydrogens is 409 g/mol. The number of nitrogens with zero attached hydrogens (tertiary/aromatic N) is 1. The van der Waals surface area contributed by atoms with Crippen LogP contribution in [0.2, 0.25) is 0 Å². The van der Waals surface area contributed by atoms with Crippen LogP contribution in [0.1, 0.15) is 25.3 Å². The fraction of sp³-hybridized carbons (Fsp3) is 0.471. The summed E-state index contributed by atoms with van der Waals surface area (Å²) in [4.78, 5) is 14.1. The summed E-state index contributed by atoms with van der Waals surface area (Å²) in [6, 6.07) is 2.15. The standard InChI is InChI=1S/C17H20INO4/c1-5-6-15(20)19(11-7-8-11)10-12-13(18)9-14(21-2)17(23-4)16(12)22-3/h9,11H,7-8,10H2,1-4H3. The third-order valence-corrected chi connectivity index (χ3v) is 4.65. The number of benzene rings is 1. The third kappa shape index (κ3) is 3.83. The Labute approximate surface area is 150 Å². The van der Waals surface area contributed by atoms with Crippen molar-refractivity contribution >= 4 is 28.5 Å². The number of halogens is 1. The quantitative estimate of drug-likeness (QED) is 0.516. The summed E-state index contributed by atoms with van der Waals surface area (Å²) in [7, 11) is 4.75. The Morgan fingerprint density at radius 2 is 1.91 bits per heavy atom. The van der Waals surface area contributed by atoms with E-state index in [1.165, 1.54) is 0 Å². The molecular formula is C17H20INO4. The Kier molecular flexibility index (Phi) is 5.99. The van der Waals surface area contributed by atoms with E-state index in [0.717, 1.165) is 22.0 Å². The zero-order valence-electron chi connectivity index (χ0n) is 13.7. The van der Waals surface area contributed by atoms with Crippen LogP contribution in [0.25, 0.3) is 0 Å². The molecule has 6 heteroatoms. The second kappa shape index (κ2) is 7.77. The molecule has 2 rings (SSSR count). The topological polar surface area (TPSA) is 48.0 Å². The monoisotopic (exact) mass is 429 g/mol. The van der Waals surface area contributed by atoms with Crippen LogP contribution >= 0.6 is 22.6 Å². The third-order valence-electron chi connectivity index (χ3n) is 3.69. The predicted octanol–water partition coefficient (Wildman–Crippen LogP) is 2.83. The minimum absolute atomic E-state index is 0.150. The van der Waals surface area contributed by atoms with Crippen molar-refractivity contribution in [2.75, 3.05) is 21.3 Å². The maximum absolute atomic E-state index is 12.3. The van der Waals surface area contributed by atoms with Gasteiger partial charge in [0, 0.05) is 15.2 Å². The molecule has 23 heavy (non-hydrogen) atoms. The van der Waals surface area contributed by atoms with Crippen LogP contribution in [0.4, 0.5) is 0 Å². The fourth-order valence-corrected chi connectivity index (χ4v) is 3.13. The van der Waals surface area contributed by atoms with Gasteiger partial charge in [-0.1, -0.05) is 5.92 Å². The van der Waals surface area contributed by atoms with Crippen LogP contribution in [0.15, 0.2) is 6.07 Å².